The van der Waals surface area contributed by atoms with Gasteiger partial charge in [-0.05, 0) is 73.4 Å². The molecule has 10 nitrogen and oxygen atoms in total. The number of nitrogens with zero attached hydrogens (tertiary/aromatic N) is 2. The summed E-state index contributed by atoms with van der Waals surface area (Å²) < 4.78 is 59.2. The number of benzene rings is 3. The second-order valence-electron chi connectivity index (χ2n) is 11.1. The minimum absolute atomic E-state index is 0.0187. The van der Waals surface area contributed by atoms with Crippen molar-refractivity contribution in [2.24, 2.45) is 0 Å². The zero-order valence-corrected chi connectivity index (χ0v) is 27.5. The topological polar surface area (TPSA) is 114 Å². The molecule has 0 radical (unpaired) electrons. The molecule has 0 heterocycles. The Morgan fingerprint density at radius 3 is 2.24 bits per heavy atom. The number of sulfonamides is 1. The number of methoxy groups -OCH3 is 3. The third-order valence-electron chi connectivity index (χ3n) is 8.16. The van der Waals surface area contributed by atoms with Gasteiger partial charge in [0.2, 0.25) is 11.8 Å². The van der Waals surface area contributed by atoms with Crippen molar-refractivity contribution in [3.05, 3.63) is 78.1 Å². The number of nitrogens with one attached hydrogen (secondary N) is 1. The predicted molar refractivity (Wildman–Crippen MR) is 173 cm³/mol. The third kappa shape index (κ3) is 8.28. The molecule has 1 aliphatic rings. The summed E-state index contributed by atoms with van der Waals surface area (Å²) >= 11 is 0. The van der Waals surface area contributed by atoms with Gasteiger partial charge in [0.15, 0.2) is 11.5 Å². The van der Waals surface area contributed by atoms with Crippen LogP contribution >= 0.6 is 0 Å². The van der Waals surface area contributed by atoms with Crippen molar-refractivity contribution >= 4 is 27.5 Å². The fourth-order valence-corrected chi connectivity index (χ4v) is 7.10. The number of hydrogen-bond acceptors (Lipinski definition) is 7. The summed E-state index contributed by atoms with van der Waals surface area (Å²) in [5.74, 6) is -0.384. The molecule has 0 aliphatic heterocycles. The van der Waals surface area contributed by atoms with Gasteiger partial charge in [-0.25, -0.2) is 12.8 Å². The molecule has 46 heavy (non-hydrogen) atoms. The standard InChI is InChI=1S/C34H42FN3O7S/c1-5-30(34(40)36-26-11-7-6-8-12-26)37(22-24-10-9-13-28(20-24)43-2)33(39)23-38(27-16-14-25(35)15-17-27)46(41,42)29-18-19-31(44-3)32(21-29)45-4/h9-10,13-21,26,30H,5-8,11-12,22-23H2,1-4H3,(H,36,40)/t30-/m0/s1. The van der Waals surface area contributed by atoms with Crippen LogP contribution in [0.2, 0.25) is 0 Å². The van der Waals surface area contributed by atoms with Crippen molar-refractivity contribution in [2.45, 2.75) is 69.0 Å². The molecule has 4 rings (SSSR count). The lowest BCUT2D eigenvalue weighted by Crippen LogP contribution is -2.54. The molecule has 1 atom stereocenters. The summed E-state index contributed by atoms with van der Waals surface area (Å²) in [6, 6.07) is 15.2. The van der Waals surface area contributed by atoms with Gasteiger partial charge in [-0.1, -0.05) is 38.3 Å². The first-order valence-corrected chi connectivity index (χ1v) is 16.8. The number of anilines is 1. The number of amides is 2. The van der Waals surface area contributed by atoms with Gasteiger partial charge >= 0.3 is 0 Å². The summed E-state index contributed by atoms with van der Waals surface area (Å²) in [5, 5.41) is 3.13. The summed E-state index contributed by atoms with van der Waals surface area (Å²) in [4.78, 5) is 29.3. The van der Waals surface area contributed by atoms with E-state index in [0.29, 0.717) is 23.5 Å². The van der Waals surface area contributed by atoms with Crippen molar-refractivity contribution in [1.82, 2.24) is 10.2 Å². The molecule has 2 amide bonds. The summed E-state index contributed by atoms with van der Waals surface area (Å²) in [6.07, 6.45) is 5.20. The van der Waals surface area contributed by atoms with Gasteiger partial charge in [0.1, 0.15) is 24.2 Å². The van der Waals surface area contributed by atoms with Gasteiger partial charge in [-0.3, -0.25) is 13.9 Å². The first-order valence-electron chi connectivity index (χ1n) is 15.3. The van der Waals surface area contributed by atoms with Crippen LogP contribution in [-0.4, -0.2) is 65.1 Å². The van der Waals surface area contributed by atoms with E-state index in [9.17, 15) is 22.4 Å². The first-order chi connectivity index (χ1) is 22.1. The molecule has 12 heteroatoms. The Kier molecular flexibility index (Phi) is 11.9. The molecular weight excluding hydrogens is 613 g/mol. The number of halogens is 1. The van der Waals surface area contributed by atoms with Crippen LogP contribution in [0.1, 0.15) is 51.0 Å². The molecule has 1 saturated carbocycles. The van der Waals surface area contributed by atoms with Crippen LogP contribution in [-0.2, 0) is 26.2 Å². The zero-order chi connectivity index (χ0) is 33.3. The van der Waals surface area contributed by atoms with Gasteiger partial charge in [0.25, 0.3) is 10.0 Å². The fourth-order valence-electron chi connectivity index (χ4n) is 5.67. The van der Waals surface area contributed by atoms with Crippen LogP contribution in [0.5, 0.6) is 17.2 Å². The van der Waals surface area contributed by atoms with Gasteiger partial charge in [-0.15, -0.1) is 0 Å². The molecule has 3 aromatic rings. The van der Waals surface area contributed by atoms with E-state index in [0.717, 1.165) is 48.5 Å². The van der Waals surface area contributed by atoms with E-state index in [4.69, 9.17) is 14.2 Å². The van der Waals surface area contributed by atoms with Gasteiger partial charge in [0.05, 0.1) is 31.9 Å². The molecular formula is C34H42FN3O7S. The molecule has 1 fully saturated rings. The van der Waals surface area contributed by atoms with Crippen LogP contribution in [0.4, 0.5) is 10.1 Å². The Bertz CT molecular complexity index is 1590. The van der Waals surface area contributed by atoms with Gasteiger partial charge in [-0.2, -0.15) is 0 Å². The van der Waals surface area contributed by atoms with Crippen LogP contribution in [0.15, 0.2) is 71.6 Å². The fraction of sp³-hybridized carbons (Fsp3) is 0.412. The smallest absolute Gasteiger partial charge is 0.264 e. The Hall–Kier alpha value is -4.32. The Morgan fingerprint density at radius 2 is 1.61 bits per heavy atom. The molecule has 3 aromatic carbocycles. The highest BCUT2D eigenvalue weighted by atomic mass is 32.2. The Labute approximate surface area is 270 Å². The number of hydrogen-bond donors (Lipinski definition) is 1. The lowest BCUT2D eigenvalue weighted by molar-refractivity contribution is -0.140. The van der Waals surface area contributed by atoms with Crippen molar-refractivity contribution in [1.29, 1.82) is 0 Å². The summed E-state index contributed by atoms with van der Waals surface area (Å²) in [5.41, 5.74) is 0.776. The third-order valence-corrected chi connectivity index (χ3v) is 9.93. The number of ether oxygens (including phenoxy) is 3. The average molecular weight is 656 g/mol. The quantitative estimate of drug-likeness (QED) is 0.251. The highest BCUT2D eigenvalue weighted by Crippen LogP contribution is 2.32. The number of carbonyl (C=O) groups excluding carboxylic acids is 2. The van der Waals surface area contributed by atoms with E-state index in [1.54, 1.807) is 18.2 Å². The minimum atomic E-state index is -4.40. The SMILES string of the molecule is CC[C@@H](C(=O)NC1CCCCC1)N(Cc1cccc(OC)c1)C(=O)CN(c1ccc(F)cc1)S(=O)(=O)c1ccc(OC)c(OC)c1. The Morgan fingerprint density at radius 1 is 0.913 bits per heavy atom. The maximum Gasteiger partial charge on any atom is 0.264 e. The number of carbonyl (C=O) groups is 2. The number of rotatable bonds is 14. The largest absolute Gasteiger partial charge is 0.497 e. The van der Waals surface area contributed by atoms with E-state index >= 15 is 0 Å². The van der Waals surface area contributed by atoms with Gasteiger partial charge in [0, 0.05) is 18.7 Å². The van der Waals surface area contributed by atoms with Crippen LogP contribution in [0.25, 0.3) is 0 Å². The van der Waals surface area contributed by atoms with Crippen molar-refractivity contribution in [2.75, 3.05) is 32.2 Å². The molecule has 0 saturated heterocycles. The Balaban J connectivity index is 1.74. The summed E-state index contributed by atoms with van der Waals surface area (Å²) in [7, 11) is -0.0532. The average Bonchev–Trinajstić information content (AvgIpc) is 3.07. The molecule has 0 spiro atoms. The summed E-state index contributed by atoms with van der Waals surface area (Å²) in [6.45, 7) is 1.19. The normalized spacial score (nSPS) is 14.2. The van der Waals surface area contributed by atoms with E-state index in [-0.39, 0.29) is 34.8 Å². The monoisotopic (exact) mass is 655 g/mol. The maximum atomic E-state index is 14.3. The van der Waals surface area contributed by atoms with E-state index < -0.39 is 34.3 Å². The zero-order valence-electron chi connectivity index (χ0n) is 26.7. The second-order valence-corrected chi connectivity index (χ2v) is 13.0. The van der Waals surface area contributed by atoms with Crippen LogP contribution in [0, 0.1) is 5.82 Å². The molecule has 1 N–H and O–H groups in total. The highest BCUT2D eigenvalue weighted by molar-refractivity contribution is 7.92. The molecule has 248 valence electrons. The molecule has 0 aromatic heterocycles. The van der Waals surface area contributed by atoms with Crippen LogP contribution in [0.3, 0.4) is 0 Å². The maximum absolute atomic E-state index is 14.3. The highest BCUT2D eigenvalue weighted by Gasteiger charge is 2.35. The van der Waals surface area contributed by atoms with Crippen molar-refractivity contribution in [3.8, 4) is 17.2 Å². The van der Waals surface area contributed by atoms with Gasteiger partial charge < -0.3 is 24.4 Å². The predicted octanol–water partition coefficient (Wildman–Crippen LogP) is 5.30. The van der Waals surface area contributed by atoms with E-state index in [1.807, 2.05) is 13.0 Å². The molecule has 0 bridgehead atoms. The second kappa shape index (κ2) is 15.8. The molecule has 1 aliphatic carbocycles. The van der Waals surface area contributed by atoms with E-state index in [2.05, 4.69) is 5.32 Å². The first kappa shape index (κ1) is 34.6. The lowest BCUT2D eigenvalue weighted by atomic mass is 9.95. The van der Waals surface area contributed by atoms with Crippen molar-refractivity contribution < 1.29 is 36.6 Å². The van der Waals surface area contributed by atoms with E-state index in [1.165, 1.54) is 56.6 Å². The lowest BCUT2D eigenvalue weighted by Gasteiger charge is -2.34. The van der Waals surface area contributed by atoms with Crippen LogP contribution < -0.4 is 23.8 Å². The van der Waals surface area contributed by atoms with Crippen molar-refractivity contribution in [3.63, 3.8) is 0 Å². The minimum Gasteiger partial charge on any atom is -0.497 e. The molecule has 0 unspecified atom stereocenters.